The second kappa shape index (κ2) is 19.0. The monoisotopic (exact) mass is 540 g/mol. The van der Waals surface area contributed by atoms with Crippen LogP contribution in [-0.2, 0) is 28.6 Å². The number of alkyl halides is 4. The molecule has 0 heterocycles. The minimum Gasteiger partial charge on any atom is -0.458 e. The predicted molar refractivity (Wildman–Crippen MR) is 132 cm³/mol. The number of carbonyl (C=O) groups is 3. The van der Waals surface area contributed by atoms with E-state index in [1.165, 1.54) is 6.92 Å². The Labute approximate surface area is 218 Å². The van der Waals surface area contributed by atoms with Crippen molar-refractivity contribution < 1.29 is 46.2 Å². The standard InChI is InChI=1S/C27H44F4O6/c1-5-7-9-11-13-15-17-26(28,29)24(33)36-20-22(19-35-23(32)21(3)4)37-25(34)27(30,31)18-16-14-12-10-8-6-2/h22H,3,5-20H2,1-2,4H3. The molecule has 1 atom stereocenters. The first-order valence-corrected chi connectivity index (χ1v) is 13.3. The molecule has 1 unspecified atom stereocenters. The van der Waals surface area contributed by atoms with Crippen LogP contribution in [0.4, 0.5) is 17.6 Å². The molecule has 0 rings (SSSR count). The number of halogens is 4. The summed E-state index contributed by atoms with van der Waals surface area (Å²) in [5.41, 5.74) is -0.0130. The van der Waals surface area contributed by atoms with Crippen LogP contribution >= 0.6 is 0 Å². The molecule has 216 valence electrons. The Morgan fingerprint density at radius 1 is 0.676 bits per heavy atom. The highest BCUT2D eigenvalue weighted by Crippen LogP contribution is 2.26. The van der Waals surface area contributed by atoms with Crippen LogP contribution in [0.2, 0.25) is 0 Å². The molecule has 0 aliphatic carbocycles. The van der Waals surface area contributed by atoms with Gasteiger partial charge in [-0.3, -0.25) is 0 Å². The van der Waals surface area contributed by atoms with Gasteiger partial charge >= 0.3 is 29.8 Å². The predicted octanol–water partition coefficient (Wildman–Crippen LogP) is 7.33. The van der Waals surface area contributed by atoms with E-state index < -0.39 is 61.9 Å². The number of unbranched alkanes of at least 4 members (excludes halogenated alkanes) is 10. The molecule has 0 saturated carbocycles. The van der Waals surface area contributed by atoms with Gasteiger partial charge in [0.15, 0.2) is 6.10 Å². The molecule has 0 amide bonds. The average Bonchev–Trinajstić information content (AvgIpc) is 2.84. The van der Waals surface area contributed by atoms with E-state index in [4.69, 9.17) is 9.47 Å². The summed E-state index contributed by atoms with van der Waals surface area (Å²) in [5.74, 6) is -12.3. The van der Waals surface area contributed by atoms with Gasteiger partial charge in [-0.15, -0.1) is 0 Å². The Hall–Kier alpha value is -2.13. The van der Waals surface area contributed by atoms with E-state index in [9.17, 15) is 31.9 Å². The molecule has 0 aromatic rings. The summed E-state index contributed by atoms with van der Waals surface area (Å²) in [6.07, 6.45) is 5.54. The first kappa shape index (κ1) is 34.9. The van der Waals surface area contributed by atoms with Crippen LogP contribution in [0.5, 0.6) is 0 Å². The van der Waals surface area contributed by atoms with Gasteiger partial charge in [0.05, 0.1) is 0 Å². The third kappa shape index (κ3) is 16.4. The van der Waals surface area contributed by atoms with Gasteiger partial charge in [-0.25, -0.2) is 14.4 Å². The summed E-state index contributed by atoms with van der Waals surface area (Å²) < 4.78 is 71.0. The van der Waals surface area contributed by atoms with Crippen LogP contribution in [-0.4, -0.2) is 49.1 Å². The van der Waals surface area contributed by atoms with Gasteiger partial charge in [-0.05, 0) is 19.8 Å². The molecule has 6 nitrogen and oxygen atoms in total. The highest BCUT2D eigenvalue weighted by Gasteiger charge is 2.43. The van der Waals surface area contributed by atoms with Gasteiger partial charge in [0, 0.05) is 18.4 Å². The van der Waals surface area contributed by atoms with Crippen LogP contribution in [0.1, 0.15) is 111 Å². The molecule has 0 saturated heterocycles. The van der Waals surface area contributed by atoms with E-state index in [0.717, 1.165) is 51.4 Å². The lowest BCUT2D eigenvalue weighted by Gasteiger charge is -2.22. The lowest BCUT2D eigenvalue weighted by Crippen LogP contribution is -2.40. The largest absolute Gasteiger partial charge is 0.458 e. The fraction of sp³-hybridized carbons (Fsp3) is 0.815. The Morgan fingerprint density at radius 3 is 1.54 bits per heavy atom. The maximum atomic E-state index is 14.3. The maximum absolute atomic E-state index is 14.3. The molecule has 10 heteroatoms. The fourth-order valence-electron chi connectivity index (χ4n) is 3.38. The highest BCUT2D eigenvalue weighted by atomic mass is 19.3. The normalized spacial score (nSPS) is 12.6. The van der Waals surface area contributed by atoms with E-state index in [0.29, 0.717) is 12.8 Å². The summed E-state index contributed by atoms with van der Waals surface area (Å²) in [5, 5.41) is 0. The summed E-state index contributed by atoms with van der Waals surface area (Å²) in [6, 6.07) is 0. The molecule has 0 aromatic heterocycles. The zero-order chi connectivity index (χ0) is 28.3. The Balaban J connectivity index is 4.91. The van der Waals surface area contributed by atoms with Crippen molar-refractivity contribution in [2.45, 2.75) is 129 Å². The van der Waals surface area contributed by atoms with Crippen molar-refractivity contribution in [3.63, 3.8) is 0 Å². The molecule has 0 fully saturated rings. The SMILES string of the molecule is C=C(C)C(=O)OCC(COC(=O)C(F)(F)CCCCCCCC)OC(=O)C(F)(F)CCCCCCCC. The number of rotatable bonds is 22. The molecule has 37 heavy (non-hydrogen) atoms. The summed E-state index contributed by atoms with van der Waals surface area (Å²) >= 11 is 0. The van der Waals surface area contributed by atoms with Gasteiger partial charge in [0.1, 0.15) is 13.2 Å². The topological polar surface area (TPSA) is 78.9 Å². The third-order valence-electron chi connectivity index (χ3n) is 5.71. The molecule has 0 spiro atoms. The van der Waals surface area contributed by atoms with Crippen molar-refractivity contribution in [3.8, 4) is 0 Å². The molecule has 0 N–H and O–H groups in total. The van der Waals surface area contributed by atoms with Crippen molar-refractivity contribution >= 4 is 17.9 Å². The first-order chi connectivity index (χ1) is 17.4. The number of hydrogen-bond acceptors (Lipinski definition) is 6. The number of esters is 3. The van der Waals surface area contributed by atoms with Crippen molar-refractivity contribution in [1.29, 1.82) is 0 Å². The van der Waals surface area contributed by atoms with E-state index in [2.05, 4.69) is 11.3 Å². The van der Waals surface area contributed by atoms with Gasteiger partial charge in [-0.1, -0.05) is 84.6 Å². The third-order valence-corrected chi connectivity index (χ3v) is 5.71. The van der Waals surface area contributed by atoms with Crippen LogP contribution in [0.25, 0.3) is 0 Å². The second-order valence-electron chi connectivity index (χ2n) is 9.45. The maximum Gasteiger partial charge on any atom is 0.377 e. The minimum absolute atomic E-state index is 0.0130. The number of carbonyl (C=O) groups excluding carboxylic acids is 3. The Bertz CT molecular complexity index is 696. The van der Waals surface area contributed by atoms with Gasteiger partial charge < -0.3 is 14.2 Å². The molecule has 0 bridgehead atoms. The molecule has 0 aliphatic heterocycles. The lowest BCUT2D eigenvalue weighted by atomic mass is 10.1. The smallest absolute Gasteiger partial charge is 0.377 e. The molecular weight excluding hydrogens is 496 g/mol. The Kier molecular flexibility index (Phi) is 17.9. The van der Waals surface area contributed by atoms with Crippen molar-refractivity contribution in [3.05, 3.63) is 12.2 Å². The minimum atomic E-state index is -3.83. The van der Waals surface area contributed by atoms with Crippen LogP contribution < -0.4 is 0 Å². The van der Waals surface area contributed by atoms with Crippen molar-refractivity contribution in [2.75, 3.05) is 13.2 Å². The van der Waals surface area contributed by atoms with E-state index in [-0.39, 0.29) is 18.4 Å². The van der Waals surface area contributed by atoms with E-state index in [1.807, 2.05) is 13.8 Å². The fourth-order valence-corrected chi connectivity index (χ4v) is 3.38. The highest BCUT2D eigenvalue weighted by molar-refractivity contribution is 5.87. The number of hydrogen-bond donors (Lipinski definition) is 0. The van der Waals surface area contributed by atoms with Gasteiger partial charge in [0.2, 0.25) is 0 Å². The Morgan fingerprint density at radius 2 is 1.08 bits per heavy atom. The summed E-state index contributed by atoms with van der Waals surface area (Å²) in [7, 11) is 0. The first-order valence-electron chi connectivity index (χ1n) is 13.3. The molecule has 0 radical (unpaired) electrons. The second-order valence-corrected chi connectivity index (χ2v) is 9.45. The quantitative estimate of drug-likeness (QED) is 0.0470. The van der Waals surface area contributed by atoms with Gasteiger partial charge in [-0.2, -0.15) is 17.6 Å². The lowest BCUT2D eigenvalue weighted by molar-refractivity contribution is -0.192. The van der Waals surface area contributed by atoms with E-state index in [1.54, 1.807) is 0 Å². The zero-order valence-electron chi connectivity index (χ0n) is 22.6. The van der Waals surface area contributed by atoms with Crippen LogP contribution in [0.3, 0.4) is 0 Å². The molecular formula is C27H44F4O6. The van der Waals surface area contributed by atoms with E-state index >= 15 is 0 Å². The van der Waals surface area contributed by atoms with Crippen LogP contribution in [0, 0.1) is 0 Å². The van der Waals surface area contributed by atoms with Crippen molar-refractivity contribution in [1.82, 2.24) is 0 Å². The van der Waals surface area contributed by atoms with Gasteiger partial charge in [0.25, 0.3) is 0 Å². The number of ether oxygens (including phenoxy) is 3. The zero-order valence-corrected chi connectivity index (χ0v) is 22.6. The summed E-state index contributed by atoms with van der Waals surface area (Å²) in [4.78, 5) is 35.7. The summed E-state index contributed by atoms with van der Waals surface area (Å²) in [6.45, 7) is 7.03. The molecule has 0 aliphatic rings. The molecule has 0 aromatic carbocycles. The van der Waals surface area contributed by atoms with Crippen molar-refractivity contribution in [2.24, 2.45) is 0 Å². The average molecular weight is 541 g/mol. The van der Waals surface area contributed by atoms with Crippen LogP contribution in [0.15, 0.2) is 12.2 Å².